The first-order chi connectivity index (χ1) is 9.40. The lowest BCUT2D eigenvalue weighted by Gasteiger charge is -2.11. The molecule has 0 spiro atoms. The molecule has 0 aromatic heterocycles. The molecule has 0 amide bonds. The van der Waals surface area contributed by atoms with Gasteiger partial charge in [0.05, 0.1) is 6.61 Å². The third-order valence-corrected chi connectivity index (χ3v) is 3.04. The summed E-state index contributed by atoms with van der Waals surface area (Å²) < 4.78 is 5.83. The summed E-state index contributed by atoms with van der Waals surface area (Å²) in [6, 6.07) is 18.5. The second-order valence-electron chi connectivity index (χ2n) is 4.46. The van der Waals surface area contributed by atoms with Crippen LogP contribution in [0.5, 0.6) is 5.75 Å². The van der Waals surface area contributed by atoms with Crippen molar-refractivity contribution in [2.75, 3.05) is 18.5 Å². The number of para-hydroxylation sites is 2. The Morgan fingerprint density at radius 2 is 1.68 bits per heavy atom. The highest BCUT2D eigenvalue weighted by molar-refractivity contribution is 5.42. The Morgan fingerprint density at radius 3 is 2.47 bits per heavy atom. The van der Waals surface area contributed by atoms with Gasteiger partial charge in [-0.2, -0.15) is 0 Å². The van der Waals surface area contributed by atoms with Crippen molar-refractivity contribution < 1.29 is 4.74 Å². The summed E-state index contributed by atoms with van der Waals surface area (Å²) in [5.74, 6) is 1.02. The SMILES string of the molecule is CCc1ccccc1OCCCNc1ccccc1. The van der Waals surface area contributed by atoms with E-state index in [1.54, 1.807) is 0 Å². The van der Waals surface area contributed by atoms with E-state index in [1.807, 2.05) is 30.3 Å². The fraction of sp³-hybridized carbons (Fsp3) is 0.294. The molecular weight excluding hydrogens is 234 g/mol. The van der Waals surface area contributed by atoms with E-state index in [0.717, 1.165) is 37.4 Å². The molecular formula is C17H21NO. The molecule has 1 N–H and O–H groups in total. The fourth-order valence-electron chi connectivity index (χ4n) is 1.98. The molecule has 0 aliphatic heterocycles. The number of nitrogens with one attached hydrogen (secondary N) is 1. The summed E-state index contributed by atoms with van der Waals surface area (Å²) in [5, 5.41) is 3.38. The van der Waals surface area contributed by atoms with Gasteiger partial charge in [0.25, 0.3) is 0 Å². The Kier molecular flexibility index (Phi) is 5.30. The summed E-state index contributed by atoms with van der Waals surface area (Å²) in [7, 11) is 0. The number of aryl methyl sites for hydroxylation is 1. The summed E-state index contributed by atoms with van der Waals surface area (Å²) in [6.45, 7) is 3.83. The zero-order valence-corrected chi connectivity index (χ0v) is 11.4. The monoisotopic (exact) mass is 255 g/mol. The molecule has 0 saturated carbocycles. The third kappa shape index (κ3) is 4.32. The third-order valence-electron chi connectivity index (χ3n) is 3.04. The van der Waals surface area contributed by atoms with Crippen LogP contribution < -0.4 is 10.1 Å². The first kappa shape index (κ1) is 13.5. The number of ether oxygens (including phenoxy) is 1. The van der Waals surface area contributed by atoms with Crippen molar-refractivity contribution in [1.82, 2.24) is 0 Å². The molecule has 2 rings (SSSR count). The highest BCUT2D eigenvalue weighted by atomic mass is 16.5. The molecule has 0 aliphatic rings. The van der Waals surface area contributed by atoms with Crippen LogP contribution in [0, 0.1) is 0 Å². The Balaban J connectivity index is 1.69. The largest absolute Gasteiger partial charge is 0.493 e. The van der Waals surface area contributed by atoms with Gasteiger partial charge in [0.2, 0.25) is 0 Å². The van der Waals surface area contributed by atoms with Gasteiger partial charge in [0.15, 0.2) is 0 Å². The molecule has 0 radical (unpaired) electrons. The van der Waals surface area contributed by atoms with Crippen molar-refractivity contribution in [2.45, 2.75) is 19.8 Å². The number of anilines is 1. The van der Waals surface area contributed by atoms with Crippen molar-refractivity contribution in [3.63, 3.8) is 0 Å². The summed E-state index contributed by atoms with van der Waals surface area (Å²) >= 11 is 0. The van der Waals surface area contributed by atoms with Gasteiger partial charge in [-0.3, -0.25) is 0 Å². The van der Waals surface area contributed by atoms with E-state index >= 15 is 0 Å². The first-order valence-corrected chi connectivity index (χ1v) is 6.90. The van der Waals surface area contributed by atoms with E-state index in [0.29, 0.717) is 0 Å². The summed E-state index contributed by atoms with van der Waals surface area (Å²) in [4.78, 5) is 0. The van der Waals surface area contributed by atoms with Gasteiger partial charge in [-0.15, -0.1) is 0 Å². The molecule has 0 saturated heterocycles. The van der Waals surface area contributed by atoms with Gasteiger partial charge >= 0.3 is 0 Å². The smallest absolute Gasteiger partial charge is 0.122 e. The molecule has 0 unspecified atom stereocenters. The molecule has 0 heterocycles. The average Bonchev–Trinajstić information content (AvgIpc) is 2.48. The minimum atomic E-state index is 0.747. The second-order valence-corrected chi connectivity index (χ2v) is 4.46. The standard InChI is InChI=1S/C17H21NO/c1-2-15-9-6-7-12-17(15)19-14-8-13-18-16-10-4-3-5-11-16/h3-7,9-12,18H,2,8,13-14H2,1H3. The van der Waals surface area contributed by atoms with E-state index in [4.69, 9.17) is 4.74 Å². The lowest BCUT2D eigenvalue weighted by molar-refractivity contribution is 0.312. The Hall–Kier alpha value is -1.96. The molecule has 0 atom stereocenters. The highest BCUT2D eigenvalue weighted by Gasteiger charge is 1.99. The van der Waals surface area contributed by atoms with E-state index in [9.17, 15) is 0 Å². The molecule has 0 aliphatic carbocycles. The van der Waals surface area contributed by atoms with Crippen molar-refractivity contribution in [1.29, 1.82) is 0 Å². The number of rotatable bonds is 7. The van der Waals surface area contributed by atoms with Crippen LogP contribution in [-0.2, 0) is 6.42 Å². The average molecular weight is 255 g/mol. The maximum absolute atomic E-state index is 5.83. The lowest BCUT2D eigenvalue weighted by Crippen LogP contribution is -2.07. The van der Waals surface area contributed by atoms with Crippen LogP contribution in [0.25, 0.3) is 0 Å². The van der Waals surface area contributed by atoms with Crippen LogP contribution in [-0.4, -0.2) is 13.2 Å². The normalized spacial score (nSPS) is 10.2. The number of hydrogen-bond acceptors (Lipinski definition) is 2. The minimum absolute atomic E-state index is 0.747. The van der Waals surface area contributed by atoms with Crippen LogP contribution >= 0.6 is 0 Å². The van der Waals surface area contributed by atoms with Gasteiger partial charge in [-0.25, -0.2) is 0 Å². The Morgan fingerprint density at radius 1 is 0.947 bits per heavy atom. The molecule has 2 heteroatoms. The highest BCUT2D eigenvalue weighted by Crippen LogP contribution is 2.18. The molecule has 0 bridgehead atoms. The second kappa shape index (κ2) is 7.47. The summed E-state index contributed by atoms with van der Waals surface area (Å²) in [5.41, 5.74) is 2.44. The predicted molar refractivity (Wildman–Crippen MR) is 80.9 cm³/mol. The van der Waals surface area contributed by atoms with Gasteiger partial charge in [-0.1, -0.05) is 43.3 Å². The van der Waals surface area contributed by atoms with Crippen LogP contribution in [0.15, 0.2) is 54.6 Å². The maximum atomic E-state index is 5.83. The minimum Gasteiger partial charge on any atom is -0.493 e. The van der Waals surface area contributed by atoms with E-state index in [-0.39, 0.29) is 0 Å². The lowest BCUT2D eigenvalue weighted by atomic mass is 10.1. The van der Waals surface area contributed by atoms with Crippen molar-refractivity contribution in [3.8, 4) is 5.75 Å². The van der Waals surface area contributed by atoms with E-state index in [2.05, 4.69) is 36.5 Å². The van der Waals surface area contributed by atoms with Gasteiger partial charge in [0.1, 0.15) is 5.75 Å². The van der Waals surface area contributed by atoms with Crippen molar-refractivity contribution in [2.24, 2.45) is 0 Å². The number of benzene rings is 2. The zero-order chi connectivity index (χ0) is 13.3. The Bertz CT molecular complexity index is 482. The Labute approximate surface area is 115 Å². The van der Waals surface area contributed by atoms with Gasteiger partial charge in [-0.05, 0) is 36.6 Å². The quantitative estimate of drug-likeness (QED) is 0.751. The van der Waals surface area contributed by atoms with Crippen LogP contribution in [0.4, 0.5) is 5.69 Å². The van der Waals surface area contributed by atoms with Gasteiger partial charge < -0.3 is 10.1 Å². The van der Waals surface area contributed by atoms with Crippen molar-refractivity contribution in [3.05, 3.63) is 60.2 Å². The van der Waals surface area contributed by atoms with E-state index < -0.39 is 0 Å². The molecule has 0 fully saturated rings. The van der Waals surface area contributed by atoms with Crippen LogP contribution in [0.2, 0.25) is 0 Å². The summed E-state index contributed by atoms with van der Waals surface area (Å²) in [6.07, 6.45) is 2.01. The van der Waals surface area contributed by atoms with Crippen molar-refractivity contribution >= 4 is 5.69 Å². The zero-order valence-electron chi connectivity index (χ0n) is 11.4. The molecule has 2 aromatic carbocycles. The van der Waals surface area contributed by atoms with Crippen LogP contribution in [0.1, 0.15) is 18.9 Å². The fourth-order valence-corrected chi connectivity index (χ4v) is 1.98. The maximum Gasteiger partial charge on any atom is 0.122 e. The predicted octanol–water partition coefficient (Wildman–Crippen LogP) is 4.13. The van der Waals surface area contributed by atoms with E-state index in [1.165, 1.54) is 5.56 Å². The van der Waals surface area contributed by atoms with Crippen LogP contribution in [0.3, 0.4) is 0 Å². The number of hydrogen-bond donors (Lipinski definition) is 1. The molecule has 19 heavy (non-hydrogen) atoms. The molecule has 2 aromatic rings. The topological polar surface area (TPSA) is 21.3 Å². The van der Waals surface area contributed by atoms with Gasteiger partial charge in [0, 0.05) is 12.2 Å². The molecule has 2 nitrogen and oxygen atoms in total. The molecule has 100 valence electrons. The first-order valence-electron chi connectivity index (χ1n) is 6.90.